The number of hydrogen-bond acceptors (Lipinski definition) is 9. The van der Waals surface area contributed by atoms with Gasteiger partial charge in [-0.05, 0) is 25.7 Å². The molecule has 0 aromatic carbocycles. The highest BCUT2D eigenvalue weighted by Gasteiger charge is 2.08. The average Bonchev–Trinajstić information content (AvgIpc) is 3.06. The highest BCUT2D eigenvalue weighted by molar-refractivity contribution is 5.77. The number of aliphatic carboxylic acids is 1. The van der Waals surface area contributed by atoms with Gasteiger partial charge in [0.05, 0.1) is 39.6 Å². The number of amides is 4. The number of primary amides is 1. The van der Waals surface area contributed by atoms with Gasteiger partial charge in [0.25, 0.3) is 0 Å². The molecule has 1 atom stereocenters. The first-order valence-electron chi connectivity index (χ1n) is 18.3. The summed E-state index contributed by atoms with van der Waals surface area (Å²) in [6.07, 6.45) is 16.5. The molecular formula is C35H66N4O10. The van der Waals surface area contributed by atoms with Crippen molar-refractivity contribution in [3.63, 3.8) is 0 Å². The Bertz CT molecular complexity index is 862. The second-order valence-corrected chi connectivity index (χ2v) is 12.3. The highest BCUT2D eigenvalue weighted by Crippen LogP contribution is 2.13. The molecule has 49 heavy (non-hydrogen) atoms. The fourth-order valence-corrected chi connectivity index (χ4v) is 4.76. The molecule has 0 unspecified atom stereocenters. The van der Waals surface area contributed by atoms with Crippen LogP contribution in [0.4, 0.5) is 0 Å². The van der Waals surface area contributed by atoms with E-state index in [0.29, 0.717) is 58.9 Å². The Balaban J connectivity index is 3.34. The Morgan fingerprint density at radius 2 is 0.918 bits per heavy atom. The number of carbonyl (C=O) groups excluding carboxylic acids is 4. The van der Waals surface area contributed by atoms with E-state index in [-0.39, 0.29) is 62.4 Å². The molecule has 0 aromatic rings. The van der Waals surface area contributed by atoms with Crippen LogP contribution in [0.25, 0.3) is 0 Å². The van der Waals surface area contributed by atoms with E-state index in [9.17, 15) is 24.0 Å². The third kappa shape index (κ3) is 36.3. The number of carboxylic acids is 1. The summed E-state index contributed by atoms with van der Waals surface area (Å²) in [5.74, 6) is -1.59. The molecule has 0 saturated carbocycles. The Kier molecular flexibility index (Phi) is 33.0. The molecule has 0 aliphatic heterocycles. The monoisotopic (exact) mass is 702 g/mol. The van der Waals surface area contributed by atoms with E-state index in [2.05, 4.69) is 16.0 Å². The number of hydrogen-bond donors (Lipinski definition) is 5. The van der Waals surface area contributed by atoms with Gasteiger partial charge in [-0.3, -0.25) is 24.0 Å². The van der Waals surface area contributed by atoms with Gasteiger partial charge in [-0.15, -0.1) is 0 Å². The predicted molar refractivity (Wildman–Crippen MR) is 187 cm³/mol. The molecule has 4 amide bonds. The second-order valence-electron chi connectivity index (χ2n) is 12.3. The minimum atomic E-state index is -0.702. The minimum Gasteiger partial charge on any atom is -0.481 e. The van der Waals surface area contributed by atoms with Crippen molar-refractivity contribution in [1.29, 1.82) is 0 Å². The van der Waals surface area contributed by atoms with Crippen molar-refractivity contribution in [2.45, 2.75) is 116 Å². The summed E-state index contributed by atoms with van der Waals surface area (Å²) in [6, 6.07) is 0. The summed E-state index contributed by atoms with van der Waals surface area (Å²) in [5, 5.41) is 16.9. The van der Waals surface area contributed by atoms with Crippen molar-refractivity contribution in [2.24, 2.45) is 11.7 Å². The zero-order valence-corrected chi connectivity index (χ0v) is 30.1. The van der Waals surface area contributed by atoms with Crippen molar-refractivity contribution in [1.82, 2.24) is 16.0 Å². The number of unbranched alkanes of at least 4 members (excludes halogenated alkanes) is 12. The maximum atomic E-state index is 12.0. The van der Waals surface area contributed by atoms with Crippen LogP contribution in [0, 0.1) is 5.92 Å². The van der Waals surface area contributed by atoms with Crippen LogP contribution in [0.2, 0.25) is 0 Å². The quantitative estimate of drug-likeness (QED) is 0.0598. The van der Waals surface area contributed by atoms with Crippen LogP contribution in [0.15, 0.2) is 0 Å². The zero-order valence-electron chi connectivity index (χ0n) is 30.1. The van der Waals surface area contributed by atoms with Crippen molar-refractivity contribution >= 4 is 29.6 Å². The van der Waals surface area contributed by atoms with Gasteiger partial charge in [0, 0.05) is 38.4 Å². The van der Waals surface area contributed by atoms with E-state index in [1.807, 2.05) is 0 Å². The van der Waals surface area contributed by atoms with Crippen LogP contribution in [0.5, 0.6) is 0 Å². The molecule has 14 nitrogen and oxygen atoms in total. The summed E-state index contributed by atoms with van der Waals surface area (Å²) >= 11 is 0. The van der Waals surface area contributed by atoms with Crippen LogP contribution in [0.1, 0.15) is 116 Å². The number of nitrogens with two attached hydrogens (primary N) is 1. The molecular weight excluding hydrogens is 636 g/mol. The smallest absolute Gasteiger partial charge is 0.303 e. The van der Waals surface area contributed by atoms with E-state index in [1.165, 1.54) is 38.5 Å². The topological polar surface area (TPSA) is 205 Å². The average molecular weight is 703 g/mol. The van der Waals surface area contributed by atoms with E-state index in [1.54, 1.807) is 6.92 Å². The largest absolute Gasteiger partial charge is 0.481 e. The molecule has 0 spiro atoms. The third-order valence-electron chi connectivity index (χ3n) is 7.76. The summed E-state index contributed by atoms with van der Waals surface area (Å²) < 4.78 is 21.4. The molecule has 0 aliphatic carbocycles. The van der Waals surface area contributed by atoms with Crippen LogP contribution < -0.4 is 21.7 Å². The summed E-state index contributed by atoms with van der Waals surface area (Å²) in [6.45, 7) is 4.78. The molecule has 0 heterocycles. The molecule has 0 radical (unpaired) electrons. The van der Waals surface area contributed by atoms with Crippen molar-refractivity contribution in [3.8, 4) is 0 Å². The lowest BCUT2D eigenvalue weighted by Gasteiger charge is -2.09. The lowest BCUT2D eigenvalue weighted by molar-refractivity contribution is -0.137. The van der Waals surface area contributed by atoms with Crippen LogP contribution in [-0.4, -0.2) is 107 Å². The van der Waals surface area contributed by atoms with Gasteiger partial charge in [0.2, 0.25) is 23.6 Å². The van der Waals surface area contributed by atoms with Gasteiger partial charge >= 0.3 is 5.97 Å². The van der Waals surface area contributed by atoms with Crippen molar-refractivity contribution in [2.75, 3.05) is 72.5 Å². The number of rotatable bonds is 37. The number of carboxylic acid groups (broad SMARTS) is 1. The Morgan fingerprint density at radius 3 is 1.39 bits per heavy atom. The number of carbonyl (C=O) groups is 5. The summed E-state index contributed by atoms with van der Waals surface area (Å²) in [7, 11) is 0. The van der Waals surface area contributed by atoms with Gasteiger partial charge in [0.1, 0.15) is 13.2 Å². The van der Waals surface area contributed by atoms with E-state index >= 15 is 0 Å². The Morgan fingerprint density at radius 1 is 0.510 bits per heavy atom. The van der Waals surface area contributed by atoms with Crippen LogP contribution in [-0.2, 0) is 42.9 Å². The maximum absolute atomic E-state index is 12.0. The fourth-order valence-electron chi connectivity index (χ4n) is 4.76. The van der Waals surface area contributed by atoms with Crippen molar-refractivity contribution in [3.05, 3.63) is 0 Å². The lowest BCUT2D eigenvalue weighted by Crippen LogP contribution is -2.31. The van der Waals surface area contributed by atoms with E-state index < -0.39 is 5.97 Å². The Hall–Kier alpha value is -2.81. The first-order valence-corrected chi connectivity index (χ1v) is 18.3. The fraction of sp³-hybridized carbons (Fsp3) is 0.857. The van der Waals surface area contributed by atoms with E-state index in [0.717, 1.165) is 51.4 Å². The summed E-state index contributed by atoms with van der Waals surface area (Å²) in [5.41, 5.74) is 5.22. The van der Waals surface area contributed by atoms with Gasteiger partial charge < -0.3 is 45.7 Å². The standard InChI is InChI=1S/C35H66N4O10/c1-30(35(36)45)16-14-15-19-37-32(41)28-48-26-25-47-23-21-39-33(42)29-49-27-24-46-22-20-38-31(40)17-12-10-8-6-4-2-3-5-7-9-11-13-18-34(43)44/h30H,2-29H2,1H3,(H2,36,45)(H,37,41)(H,38,40)(H,39,42)(H,43,44)/t30-/m0/s1. The molecule has 0 rings (SSSR count). The van der Waals surface area contributed by atoms with Crippen LogP contribution >= 0.6 is 0 Å². The molecule has 0 fully saturated rings. The lowest BCUT2D eigenvalue weighted by atomic mass is 10.0. The molecule has 0 aromatic heterocycles. The number of ether oxygens (including phenoxy) is 4. The van der Waals surface area contributed by atoms with Gasteiger partial charge in [-0.2, -0.15) is 0 Å². The molecule has 0 saturated heterocycles. The zero-order chi connectivity index (χ0) is 36.2. The first kappa shape index (κ1) is 46.2. The predicted octanol–water partition coefficient (Wildman–Crippen LogP) is 3.24. The Labute approximate surface area is 293 Å². The SMILES string of the molecule is C[C@@H](CCCCNC(=O)COCCOCCNC(=O)COCCOCCNC(=O)CCCCCCCCCCCCCCC(=O)O)C(N)=O. The maximum Gasteiger partial charge on any atom is 0.303 e. The molecule has 14 heteroatoms. The normalized spacial score (nSPS) is 11.6. The van der Waals surface area contributed by atoms with Crippen LogP contribution in [0.3, 0.4) is 0 Å². The second kappa shape index (κ2) is 35.0. The number of nitrogens with one attached hydrogen (secondary N) is 3. The summed E-state index contributed by atoms with van der Waals surface area (Å²) in [4.78, 5) is 57.0. The first-order chi connectivity index (χ1) is 23.7. The molecule has 0 aliphatic rings. The molecule has 0 bridgehead atoms. The molecule has 286 valence electrons. The van der Waals surface area contributed by atoms with Crippen molar-refractivity contribution < 1.29 is 48.0 Å². The molecule has 6 N–H and O–H groups in total. The van der Waals surface area contributed by atoms with Gasteiger partial charge in [-0.1, -0.05) is 77.6 Å². The minimum absolute atomic E-state index is 0.0382. The van der Waals surface area contributed by atoms with Gasteiger partial charge in [-0.25, -0.2) is 0 Å². The van der Waals surface area contributed by atoms with E-state index in [4.69, 9.17) is 29.8 Å². The highest BCUT2D eigenvalue weighted by atomic mass is 16.5. The van der Waals surface area contributed by atoms with Gasteiger partial charge in [0.15, 0.2) is 0 Å². The third-order valence-corrected chi connectivity index (χ3v) is 7.76.